The summed E-state index contributed by atoms with van der Waals surface area (Å²) in [4.78, 5) is 12.0. The molecule has 2 atom stereocenters. The number of carbonyl (C=O) groups excluding carboxylic acids is 1. The van der Waals surface area contributed by atoms with Crippen LogP contribution in [0.15, 0.2) is 97.1 Å². The Labute approximate surface area is 224 Å². The Morgan fingerprint density at radius 2 is 1.68 bits per heavy atom. The molecule has 6 rings (SSSR count). The van der Waals surface area contributed by atoms with Crippen LogP contribution in [0.1, 0.15) is 40.3 Å². The second-order valence-electron chi connectivity index (χ2n) is 9.54. The minimum absolute atomic E-state index is 0.0346. The molecule has 1 amide bonds. The van der Waals surface area contributed by atoms with Crippen LogP contribution in [0.3, 0.4) is 0 Å². The van der Waals surface area contributed by atoms with Crippen LogP contribution >= 0.6 is 0 Å². The fourth-order valence-electron chi connectivity index (χ4n) is 5.16. The standard InChI is InChI=1S/C32H27NO4S/c1-21-18-25(36-20-22-6-3-2-4-7-22)14-15-26(21)27-8-5-9-29-28(27)16-17-30(29)37-24-12-10-23(11-13-24)31-19-32(34)33-38(31)35/h2-15,18-19,30H,16-17,20H2,1H3,(H,33,34)/t30-,38?/m1/s1. The van der Waals surface area contributed by atoms with E-state index >= 15 is 0 Å². The molecule has 2 aliphatic rings. The van der Waals surface area contributed by atoms with Gasteiger partial charge in [0, 0.05) is 6.08 Å². The zero-order valence-corrected chi connectivity index (χ0v) is 21.8. The van der Waals surface area contributed by atoms with Crippen molar-refractivity contribution in [1.82, 2.24) is 4.72 Å². The van der Waals surface area contributed by atoms with Crippen molar-refractivity contribution in [3.63, 3.8) is 0 Å². The fourth-order valence-corrected chi connectivity index (χ4v) is 6.08. The Bertz CT molecular complexity index is 1560. The summed E-state index contributed by atoms with van der Waals surface area (Å²) < 4.78 is 26.8. The summed E-state index contributed by atoms with van der Waals surface area (Å²) in [5.74, 6) is 1.28. The number of amides is 1. The summed E-state index contributed by atoms with van der Waals surface area (Å²) in [7, 11) is -1.50. The van der Waals surface area contributed by atoms with E-state index in [2.05, 4.69) is 54.1 Å². The van der Waals surface area contributed by atoms with Gasteiger partial charge in [0.2, 0.25) is 0 Å². The van der Waals surface area contributed by atoms with E-state index in [0.717, 1.165) is 35.5 Å². The van der Waals surface area contributed by atoms with Crippen LogP contribution in [0.25, 0.3) is 16.0 Å². The molecule has 0 saturated heterocycles. The average molecular weight is 522 g/mol. The third kappa shape index (κ3) is 4.87. The van der Waals surface area contributed by atoms with Gasteiger partial charge in [-0.1, -0.05) is 66.7 Å². The van der Waals surface area contributed by atoms with Gasteiger partial charge >= 0.3 is 0 Å². The van der Waals surface area contributed by atoms with Gasteiger partial charge in [0.1, 0.15) is 24.2 Å². The molecule has 0 bridgehead atoms. The lowest BCUT2D eigenvalue weighted by atomic mass is 9.93. The monoisotopic (exact) mass is 521 g/mol. The quantitative estimate of drug-likeness (QED) is 0.304. The van der Waals surface area contributed by atoms with E-state index in [1.54, 1.807) is 0 Å². The Morgan fingerprint density at radius 3 is 2.42 bits per heavy atom. The molecule has 1 N–H and O–H groups in total. The first-order valence-corrected chi connectivity index (χ1v) is 13.8. The van der Waals surface area contributed by atoms with Crippen molar-refractivity contribution in [1.29, 1.82) is 0 Å². The predicted molar refractivity (Wildman–Crippen MR) is 150 cm³/mol. The number of benzene rings is 4. The summed E-state index contributed by atoms with van der Waals surface area (Å²) in [6, 6.07) is 30.4. The molecule has 0 aromatic heterocycles. The molecule has 5 nitrogen and oxygen atoms in total. The molecule has 0 radical (unpaired) electrons. The number of hydrogen-bond donors (Lipinski definition) is 1. The number of aryl methyl sites for hydroxylation is 1. The minimum atomic E-state index is -1.50. The van der Waals surface area contributed by atoms with Gasteiger partial charge in [-0.3, -0.25) is 9.52 Å². The maximum atomic E-state index is 12.0. The molecule has 6 heteroatoms. The number of carbonyl (C=O) groups is 1. The number of fused-ring (bicyclic) bond motifs is 1. The van der Waals surface area contributed by atoms with Gasteiger partial charge in [0.25, 0.3) is 5.91 Å². The first-order chi connectivity index (χ1) is 18.5. The molecule has 0 fully saturated rings. The van der Waals surface area contributed by atoms with Crippen molar-refractivity contribution in [3.05, 3.63) is 125 Å². The number of rotatable bonds is 7. The highest BCUT2D eigenvalue weighted by molar-refractivity contribution is 7.93. The van der Waals surface area contributed by atoms with Crippen molar-refractivity contribution in [2.75, 3.05) is 0 Å². The number of nitrogens with one attached hydrogen (secondary N) is 1. The lowest BCUT2D eigenvalue weighted by Crippen LogP contribution is -2.16. The van der Waals surface area contributed by atoms with Crippen molar-refractivity contribution in [3.8, 4) is 22.6 Å². The summed E-state index contributed by atoms with van der Waals surface area (Å²) in [5.41, 5.74) is 8.05. The Morgan fingerprint density at radius 1 is 0.895 bits per heavy atom. The van der Waals surface area contributed by atoms with Crippen LogP contribution in [0.5, 0.6) is 11.5 Å². The van der Waals surface area contributed by atoms with Crippen molar-refractivity contribution >= 4 is 21.8 Å². The van der Waals surface area contributed by atoms with Gasteiger partial charge in [0.05, 0.1) is 4.91 Å². The van der Waals surface area contributed by atoms with Crippen LogP contribution in [-0.2, 0) is 28.8 Å². The van der Waals surface area contributed by atoms with E-state index in [9.17, 15) is 9.00 Å². The smallest absolute Gasteiger partial charge is 0.257 e. The first kappa shape index (κ1) is 24.2. The van der Waals surface area contributed by atoms with Crippen LogP contribution in [0.4, 0.5) is 0 Å². The van der Waals surface area contributed by atoms with E-state index in [-0.39, 0.29) is 12.0 Å². The molecular formula is C32H27NO4S. The van der Waals surface area contributed by atoms with Crippen LogP contribution in [-0.4, -0.2) is 10.1 Å². The Hall–Kier alpha value is -4.16. The SMILES string of the molecule is Cc1cc(OCc2ccccc2)ccc1-c1cccc2c1CC[C@H]2Oc1ccc(C2=CC(=O)NS2=O)cc1. The van der Waals surface area contributed by atoms with E-state index in [1.807, 2.05) is 48.5 Å². The molecular weight excluding hydrogens is 494 g/mol. The minimum Gasteiger partial charge on any atom is -0.489 e. The maximum absolute atomic E-state index is 12.0. The molecule has 190 valence electrons. The predicted octanol–water partition coefficient (Wildman–Crippen LogP) is 6.44. The molecule has 1 aliphatic carbocycles. The van der Waals surface area contributed by atoms with E-state index in [4.69, 9.17) is 9.47 Å². The summed E-state index contributed by atoms with van der Waals surface area (Å²) >= 11 is 0. The third-order valence-corrected chi connectivity index (χ3v) is 8.16. The Balaban J connectivity index is 1.18. The van der Waals surface area contributed by atoms with E-state index < -0.39 is 11.0 Å². The molecule has 0 spiro atoms. The van der Waals surface area contributed by atoms with E-state index in [0.29, 0.717) is 11.5 Å². The van der Waals surface area contributed by atoms with Crippen LogP contribution in [0, 0.1) is 6.92 Å². The van der Waals surface area contributed by atoms with Crippen LogP contribution < -0.4 is 14.2 Å². The molecule has 1 heterocycles. The highest BCUT2D eigenvalue weighted by atomic mass is 32.2. The molecule has 1 aliphatic heterocycles. The highest BCUT2D eigenvalue weighted by Gasteiger charge is 2.27. The topological polar surface area (TPSA) is 64.6 Å². The summed E-state index contributed by atoms with van der Waals surface area (Å²) in [6.45, 7) is 2.68. The van der Waals surface area contributed by atoms with E-state index in [1.165, 1.54) is 33.9 Å². The normalized spacial score (nSPS) is 18.0. The van der Waals surface area contributed by atoms with Crippen molar-refractivity contribution in [2.24, 2.45) is 0 Å². The van der Waals surface area contributed by atoms with Gasteiger partial charge < -0.3 is 9.47 Å². The maximum Gasteiger partial charge on any atom is 0.257 e. The molecule has 0 saturated carbocycles. The van der Waals surface area contributed by atoms with Crippen molar-refractivity contribution in [2.45, 2.75) is 32.5 Å². The largest absolute Gasteiger partial charge is 0.489 e. The van der Waals surface area contributed by atoms with Crippen molar-refractivity contribution < 1.29 is 18.5 Å². The second kappa shape index (κ2) is 10.3. The summed E-state index contributed by atoms with van der Waals surface area (Å²) in [5, 5.41) is 0. The molecule has 38 heavy (non-hydrogen) atoms. The average Bonchev–Trinajstić information content (AvgIpc) is 3.50. The highest BCUT2D eigenvalue weighted by Crippen LogP contribution is 2.41. The molecule has 4 aromatic rings. The van der Waals surface area contributed by atoms with Gasteiger partial charge in [-0.15, -0.1) is 0 Å². The Kier molecular flexibility index (Phi) is 6.56. The van der Waals surface area contributed by atoms with Gasteiger partial charge in [-0.05, 0) is 83.0 Å². The second-order valence-corrected chi connectivity index (χ2v) is 10.7. The number of ether oxygens (including phenoxy) is 2. The first-order valence-electron chi connectivity index (χ1n) is 12.7. The zero-order chi connectivity index (χ0) is 26.1. The van der Waals surface area contributed by atoms with Crippen LogP contribution in [0.2, 0.25) is 0 Å². The lowest BCUT2D eigenvalue weighted by Gasteiger charge is -2.17. The van der Waals surface area contributed by atoms with Gasteiger partial charge in [0.15, 0.2) is 11.0 Å². The number of hydrogen-bond acceptors (Lipinski definition) is 4. The molecule has 4 aromatic carbocycles. The zero-order valence-electron chi connectivity index (χ0n) is 21.0. The van der Waals surface area contributed by atoms with Gasteiger partial charge in [-0.2, -0.15) is 0 Å². The fraction of sp³-hybridized carbons (Fsp3) is 0.156. The molecule has 1 unspecified atom stereocenters. The lowest BCUT2D eigenvalue weighted by molar-refractivity contribution is -0.114. The summed E-state index contributed by atoms with van der Waals surface area (Å²) in [6.07, 6.45) is 3.19. The third-order valence-electron chi connectivity index (χ3n) is 7.02. The van der Waals surface area contributed by atoms with Gasteiger partial charge in [-0.25, -0.2) is 4.21 Å².